The highest BCUT2D eigenvalue weighted by atomic mass is 16.5. The molecule has 0 radical (unpaired) electrons. The second-order valence-electron chi connectivity index (χ2n) is 5.17. The number of nitrogens with zero attached hydrogens (tertiary/aromatic N) is 2. The number of amides is 2. The van der Waals surface area contributed by atoms with Gasteiger partial charge in [0.2, 0.25) is 0 Å². The van der Waals surface area contributed by atoms with E-state index in [2.05, 4.69) is 15.6 Å². The van der Waals surface area contributed by atoms with Crippen molar-refractivity contribution >= 4 is 16.9 Å². The average Bonchev–Trinajstić information content (AvgIpc) is 2.51. The second-order valence-corrected chi connectivity index (χ2v) is 5.17. The van der Waals surface area contributed by atoms with Gasteiger partial charge in [-0.1, -0.05) is 18.2 Å². The molecule has 0 saturated heterocycles. The molecule has 1 heterocycles. The molecule has 6 nitrogen and oxygen atoms in total. The van der Waals surface area contributed by atoms with Crippen molar-refractivity contribution in [1.29, 1.82) is 0 Å². The summed E-state index contributed by atoms with van der Waals surface area (Å²) in [5, 5.41) is 6.58. The van der Waals surface area contributed by atoms with Crippen LogP contribution in [-0.4, -0.2) is 56.3 Å². The van der Waals surface area contributed by atoms with Crippen LogP contribution in [0.4, 0.5) is 4.79 Å². The summed E-state index contributed by atoms with van der Waals surface area (Å²) < 4.78 is 5.70. The standard InChI is InChI=1S/C16H22N4O2/c1-20(2)11-9-18-16(21)19-10-12-22-14-7-3-5-13-6-4-8-17-15(13)14/h3-8H,9-12H2,1-2H3,(H2,18,19,21). The van der Waals surface area contributed by atoms with Crippen LogP contribution < -0.4 is 15.4 Å². The minimum absolute atomic E-state index is 0.179. The summed E-state index contributed by atoms with van der Waals surface area (Å²) >= 11 is 0. The zero-order valence-electron chi connectivity index (χ0n) is 13.0. The fraction of sp³-hybridized carbons (Fsp3) is 0.375. The second kappa shape index (κ2) is 8.19. The summed E-state index contributed by atoms with van der Waals surface area (Å²) in [6, 6.07) is 9.51. The number of ether oxygens (including phenoxy) is 1. The molecular formula is C16H22N4O2. The molecule has 0 bridgehead atoms. The van der Waals surface area contributed by atoms with E-state index in [0.717, 1.165) is 23.2 Å². The van der Waals surface area contributed by atoms with Gasteiger partial charge in [0.1, 0.15) is 17.9 Å². The summed E-state index contributed by atoms with van der Waals surface area (Å²) in [6.45, 7) is 2.27. The van der Waals surface area contributed by atoms with Crippen LogP contribution in [0.25, 0.3) is 10.9 Å². The molecule has 1 aromatic heterocycles. The first kappa shape index (κ1) is 16.0. The number of pyridine rings is 1. The summed E-state index contributed by atoms with van der Waals surface area (Å²) in [7, 11) is 3.93. The van der Waals surface area contributed by atoms with Crippen LogP contribution >= 0.6 is 0 Å². The van der Waals surface area contributed by atoms with Crippen LogP contribution in [-0.2, 0) is 0 Å². The molecule has 1 aromatic carbocycles. The highest BCUT2D eigenvalue weighted by molar-refractivity contribution is 5.84. The minimum Gasteiger partial charge on any atom is -0.489 e. The number of nitrogens with one attached hydrogen (secondary N) is 2. The van der Waals surface area contributed by atoms with Crippen molar-refractivity contribution in [3.05, 3.63) is 36.5 Å². The van der Waals surface area contributed by atoms with Crippen molar-refractivity contribution < 1.29 is 9.53 Å². The zero-order chi connectivity index (χ0) is 15.8. The largest absolute Gasteiger partial charge is 0.489 e. The van der Waals surface area contributed by atoms with E-state index in [1.165, 1.54) is 0 Å². The maximum atomic E-state index is 11.5. The van der Waals surface area contributed by atoms with Gasteiger partial charge >= 0.3 is 6.03 Å². The molecule has 2 amide bonds. The van der Waals surface area contributed by atoms with E-state index in [9.17, 15) is 4.79 Å². The van der Waals surface area contributed by atoms with Gasteiger partial charge in [0, 0.05) is 24.7 Å². The van der Waals surface area contributed by atoms with Gasteiger partial charge in [0.05, 0.1) is 6.54 Å². The molecule has 0 atom stereocenters. The van der Waals surface area contributed by atoms with Crippen LogP contribution in [0, 0.1) is 0 Å². The number of aromatic nitrogens is 1. The fourth-order valence-electron chi connectivity index (χ4n) is 1.97. The summed E-state index contributed by atoms with van der Waals surface area (Å²) in [4.78, 5) is 17.9. The van der Waals surface area contributed by atoms with Crippen molar-refractivity contribution in [3.8, 4) is 5.75 Å². The lowest BCUT2D eigenvalue weighted by atomic mass is 10.2. The molecule has 22 heavy (non-hydrogen) atoms. The third-order valence-electron chi connectivity index (χ3n) is 3.09. The number of hydrogen-bond donors (Lipinski definition) is 2. The number of likely N-dealkylation sites (N-methyl/N-ethyl adjacent to an activating group) is 1. The van der Waals surface area contributed by atoms with E-state index in [1.54, 1.807) is 6.20 Å². The summed E-state index contributed by atoms with van der Waals surface area (Å²) in [5.74, 6) is 0.730. The SMILES string of the molecule is CN(C)CCNC(=O)NCCOc1cccc2cccnc12. The van der Waals surface area contributed by atoms with Crippen molar-refractivity contribution in [2.24, 2.45) is 0 Å². The molecule has 0 aliphatic rings. The van der Waals surface area contributed by atoms with Gasteiger partial charge in [-0.05, 0) is 26.2 Å². The van der Waals surface area contributed by atoms with Crippen LogP contribution in [0.1, 0.15) is 0 Å². The van der Waals surface area contributed by atoms with Gasteiger partial charge < -0.3 is 20.3 Å². The van der Waals surface area contributed by atoms with Gasteiger partial charge in [-0.3, -0.25) is 4.98 Å². The number of rotatable bonds is 7. The van der Waals surface area contributed by atoms with Gasteiger partial charge in [0.25, 0.3) is 0 Å². The van der Waals surface area contributed by atoms with Gasteiger partial charge in [0.15, 0.2) is 0 Å². The van der Waals surface area contributed by atoms with Crippen LogP contribution in [0.2, 0.25) is 0 Å². The molecule has 6 heteroatoms. The van der Waals surface area contributed by atoms with Crippen molar-refractivity contribution in [2.45, 2.75) is 0 Å². The highest BCUT2D eigenvalue weighted by Crippen LogP contribution is 2.22. The predicted molar refractivity (Wildman–Crippen MR) is 87.2 cm³/mol. The Hall–Kier alpha value is -2.34. The molecule has 2 aromatic rings. The highest BCUT2D eigenvalue weighted by Gasteiger charge is 2.03. The average molecular weight is 302 g/mol. The summed E-state index contributed by atoms with van der Waals surface area (Å²) in [5.41, 5.74) is 0.834. The van der Waals surface area contributed by atoms with E-state index < -0.39 is 0 Å². The Kier molecular flexibility index (Phi) is 5.97. The molecule has 2 N–H and O–H groups in total. The Labute approximate surface area is 130 Å². The minimum atomic E-state index is -0.179. The lowest BCUT2D eigenvalue weighted by Crippen LogP contribution is -2.40. The Morgan fingerprint density at radius 3 is 2.77 bits per heavy atom. The van der Waals surface area contributed by atoms with Gasteiger partial charge in [-0.25, -0.2) is 4.79 Å². The topological polar surface area (TPSA) is 66.5 Å². The monoisotopic (exact) mass is 302 g/mol. The number of hydrogen-bond acceptors (Lipinski definition) is 4. The van der Waals surface area contributed by atoms with Crippen molar-refractivity contribution in [1.82, 2.24) is 20.5 Å². The number of para-hydroxylation sites is 1. The van der Waals surface area contributed by atoms with E-state index in [-0.39, 0.29) is 6.03 Å². The molecule has 118 valence electrons. The van der Waals surface area contributed by atoms with Crippen LogP contribution in [0.15, 0.2) is 36.5 Å². The third kappa shape index (κ3) is 4.89. The van der Waals surface area contributed by atoms with Crippen LogP contribution in [0.5, 0.6) is 5.75 Å². The lowest BCUT2D eigenvalue weighted by molar-refractivity contribution is 0.235. The van der Waals surface area contributed by atoms with E-state index in [0.29, 0.717) is 19.7 Å². The third-order valence-corrected chi connectivity index (χ3v) is 3.09. The molecule has 0 spiro atoms. The Bertz CT molecular complexity index is 611. The molecule has 0 unspecified atom stereocenters. The van der Waals surface area contributed by atoms with Crippen molar-refractivity contribution in [3.63, 3.8) is 0 Å². The van der Waals surface area contributed by atoms with E-state index >= 15 is 0 Å². The maximum Gasteiger partial charge on any atom is 0.314 e. The summed E-state index contributed by atoms with van der Waals surface area (Å²) in [6.07, 6.45) is 1.74. The Balaban J connectivity index is 1.73. The fourth-order valence-corrected chi connectivity index (χ4v) is 1.97. The lowest BCUT2D eigenvalue weighted by Gasteiger charge is -2.12. The number of benzene rings is 1. The molecular weight excluding hydrogens is 280 g/mol. The first-order chi connectivity index (χ1) is 10.7. The van der Waals surface area contributed by atoms with E-state index in [1.807, 2.05) is 49.3 Å². The first-order valence-corrected chi connectivity index (χ1v) is 7.30. The Morgan fingerprint density at radius 2 is 1.95 bits per heavy atom. The van der Waals surface area contributed by atoms with Gasteiger partial charge in [-0.15, -0.1) is 0 Å². The molecule has 2 rings (SSSR count). The van der Waals surface area contributed by atoms with Gasteiger partial charge in [-0.2, -0.15) is 0 Å². The van der Waals surface area contributed by atoms with Crippen LogP contribution in [0.3, 0.4) is 0 Å². The predicted octanol–water partition coefficient (Wildman–Crippen LogP) is 1.47. The first-order valence-electron chi connectivity index (χ1n) is 7.30. The number of carbonyl (C=O) groups excluding carboxylic acids is 1. The zero-order valence-corrected chi connectivity index (χ0v) is 13.0. The molecule has 0 saturated carbocycles. The number of urea groups is 1. The molecule has 0 fully saturated rings. The number of fused-ring (bicyclic) bond motifs is 1. The van der Waals surface area contributed by atoms with Crippen molar-refractivity contribution in [2.75, 3.05) is 40.3 Å². The normalized spacial score (nSPS) is 10.7. The Morgan fingerprint density at radius 1 is 1.18 bits per heavy atom. The maximum absolute atomic E-state index is 11.5. The smallest absolute Gasteiger partial charge is 0.314 e. The quantitative estimate of drug-likeness (QED) is 0.760. The number of carbonyl (C=O) groups is 1. The molecule has 0 aliphatic carbocycles. The molecule has 0 aliphatic heterocycles. The van der Waals surface area contributed by atoms with E-state index in [4.69, 9.17) is 4.74 Å².